The van der Waals surface area contributed by atoms with Gasteiger partial charge in [0.05, 0.1) is 18.1 Å². The van der Waals surface area contributed by atoms with Crippen LogP contribution in [0.2, 0.25) is 0 Å². The quantitative estimate of drug-likeness (QED) is 0.609. The molecule has 1 aliphatic heterocycles. The van der Waals surface area contributed by atoms with Gasteiger partial charge in [-0.05, 0) is 0 Å². The first kappa shape index (κ1) is 10.8. The molecule has 0 aromatic carbocycles. The van der Waals surface area contributed by atoms with E-state index in [9.17, 15) is 12.6 Å². The van der Waals surface area contributed by atoms with Gasteiger partial charge in [0.25, 0.3) is 0 Å². The highest BCUT2D eigenvalue weighted by molar-refractivity contribution is 7.91. The van der Waals surface area contributed by atoms with Crippen molar-refractivity contribution in [3.05, 3.63) is 12.7 Å². The van der Waals surface area contributed by atoms with Gasteiger partial charge in [-0.3, -0.25) is 8.37 Å². The van der Waals surface area contributed by atoms with Gasteiger partial charge < -0.3 is 0 Å². The van der Waals surface area contributed by atoms with E-state index in [1.807, 2.05) is 0 Å². The van der Waals surface area contributed by atoms with Crippen LogP contribution in [0.25, 0.3) is 0 Å². The first-order valence-electron chi connectivity index (χ1n) is 3.57. The van der Waals surface area contributed by atoms with Crippen LogP contribution in [0.3, 0.4) is 0 Å². The van der Waals surface area contributed by atoms with E-state index < -0.39 is 27.3 Å². The molecule has 1 rings (SSSR count). The van der Waals surface area contributed by atoms with Crippen molar-refractivity contribution in [1.29, 1.82) is 0 Å². The zero-order chi connectivity index (χ0) is 9.90. The van der Waals surface area contributed by atoms with E-state index in [1.54, 1.807) is 0 Å². The Bertz CT molecular complexity index is 307. The minimum Gasteiger partial charge on any atom is -0.266 e. The summed E-state index contributed by atoms with van der Waals surface area (Å²) in [6.07, 6.45) is 0.688. The Labute approximate surface area is 79.5 Å². The molecule has 7 heteroatoms. The number of sulfone groups is 1. The van der Waals surface area contributed by atoms with Crippen LogP contribution in [-0.2, 0) is 29.6 Å². The molecule has 1 aliphatic rings. The molecule has 0 bridgehead atoms. The molecule has 0 radical (unpaired) electrons. The second-order valence-corrected chi connectivity index (χ2v) is 5.56. The number of hydrogen-bond donors (Lipinski definition) is 0. The smallest absolute Gasteiger partial charge is 0.266 e. The summed E-state index contributed by atoms with van der Waals surface area (Å²) >= 11 is -1.78. The molecule has 0 aliphatic carbocycles. The van der Waals surface area contributed by atoms with Crippen molar-refractivity contribution in [3.63, 3.8) is 0 Å². The van der Waals surface area contributed by atoms with Crippen LogP contribution in [0.15, 0.2) is 12.7 Å². The first-order valence-corrected chi connectivity index (χ1v) is 6.39. The lowest BCUT2D eigenvalue weighted by molar-refractivity contribution is 0.264. The van der Waals surface area contributed by atoms with Gasteiger partial charge in [0, 0.05) is 0 Å². The van der Waals surface area contributed by atoms with Crippen molar-refractivity contribution in [2.75, 3.05) is 18.1 Å². The molecule has 0 aromatic heterocycles. The van der Waals surface area contributed by atoms with Gasteiger partial charge >= 0.3 is 11.4 Å². The Morgan fingerprint density at radius 3 is 2.77 bits per heavy atom. The lowest BCUT2D eigenvalue weighted by Crippen LogP contribution is -2.24. The highest BCUT2D eigenvalue weighted by atomic mass is 32.2. The van der Waals surface area contributed by atoms with Gasteiger partial charge in [0.15, 0.2) is 9.84 Å². The molecule has 0 spiro atoms. The van der Waals surface area contributed by atoms with E-state index >= 15 is 0 Å². The molecule has 76 valence electrons. The molecular formula is C6H10O5S2. The van der Waals surface area contributed by atoms with Crippen molar-refractivity contribution >= 4 is 21.2 Å². The SMILES string of the molecule is C=CCS(=O)(=O)CC1COS(=O)O1. The lowest BCUT2D eigenvalue weighted by atomic mass is 10.4. The van der Waals surface area contributed by atoms with Crippen LogP contribution in [0.4, 0.5) is 0 Å². The van der Waals surface area contributed by atoms with Crippen LogP contribution in [0, 0.1) is 0 Å². The maximum atomic E-state index is 11.2. The minimum absolute atomic E-state index is 0.0585. The molecule has 0 saturated carbocycles. The molecule has 2 unspecified atom stereocenters. The van der Waals surface area contributed by atoms with E-state index in [0.717, 1.165) is 0 Å². The fourth-order valence-corrected chi connectivity index (χ4v) is 2.88. The van der Waals surface area contributed by atoms with Crippen molar-refractivity contribution in [2.45, 2.75) is 6.10 Å². The fraction of sp³-hybridized carbons (Fsp3) is 0.667. The normalized spacial score (nSPS) is 28.9. The zero-order valence-corrected chi connectivity index (χ0v) is 8.47. The van der Waals surface area contributed by atoms with Gasteiger partial charge in [-0.2, -0.15) is 4.21 Å². The van der Waals surface area contributed by atoms with Crippen LogP contribution in [0.1, 0.15) is 0 Å². The fourth-order valence-electron chi connectivity index (χ4n) is 0.905. The average molecular weight is 226 g/mol. The van der Waals surface area contributed by atoms with Crippen molar-refractivity contribution in [3.8, 4) is 0 Å². The van der Waals surface area contributed by atoms with Gasteiger partial charge in [0.2, 0.25) is 0 Å². The van der Waals surface area contributed by atoms with E-state index in [1.165, 1.54) is 6.08 Å². The molecular weight excluding hydrogens is 216 g/mol. The molecule has 0 amide bonds. The van der Waals surface area contributed by atoms with E-state index in [-0.39, 0.29) is 18.1 Å². The monoisotopic (exact) mass is 226 g/mol. The third-order valence-corrected chi connectivity index (χ3v) is 3.76. The van der Waals surface area contributed by atoms with Crippen LogP contribution in [0.5, 0.6) is 0 Å². The maximum absolute atomic E-state index is 11.2. The zero-order valence-electron chi connectivity index (χ0n) is 6.84. The molecule has 1 fully saturated rings. The second kappa shape index (κ2) is 4.32. The summed E-state index contributed by atoms with van der Waals surface area (Å²) in [6.45, 7) is 3.38. The molecule has 13 heavy (non-hydrogen) atoms. The third-order valence-electron chi connectivity index (χ3n) is 1.38. The van der Waals surface area contributed by atoms with E-state index in [2.05, 4.69) is 14.9 Å². The topological polar surface area (TPSA) is 69.7 Å². The predicted molar refractivity (Wildman–Crippen MR) is 47.8 cm³/mol. The summed E-state index contributed by atoms with van der Waals surface area (Å²) in [7, 11) is -3.20. The Balaban J connectivity index is 2.49. The summed E-state index contributed by atoms with van der Waals surface area (Å²) < 4.78 is 42.2. The average Bonchev–Trinajstić information content (AvgIpc) is 2.34. The summed E-state index contributed by atoms with van der Waals surface area (Å²) in [5, 5.41) is 0. The van der Waals surface area contributed by atoms with Gasteiger partial charge in [0.1, 0.15) is 6.10 Å². The first-order chi connectivity index (χ1) is 6.03. The molecule has 0 N–H and O–H groups in total. The Kier molecular flexibility index (Phi) is 3.60. The number of rotatable bonds is 4. The van der Waals surface area contributed by atoms with Crippen molar-refractivity contribution in [1.82, 2.24) is 0 Å². The predicted octanol–water partition coefficient (Wildman–Crippen LogP) is -0.419. The molecule has 5 nitrogen and oxygen atoms in total. The van der Waals surface area contributed by atoms with Crippen LogP contribution < -0.4 is 0 Å². The molecule has 1 saturated heterocycles. The third kappa shape index (κ3) is 3.55. The van der Waals surface area contributed by atoms with Crippen molar-refractivity contribution in [2.24, 2.45) is 0 Å². The van der Waals surface area contributed by atoms with Gasteiger partial charge in [-0.25, -0.2) is 8.42 Å². The standard InChI is InChI=1S/C6H10O5S2/c1-2-3-13(8,9)5-6-4-10-12(7)11-6/h2,6H,1,3-5H2. The van der Waals surface area contributed by atoms with E-state index in [4.69, 9.17) is 0 Å². The van der Waals surface area contributed by atoms with Crippen LogP contribution in [-0.4, -0.2) is 36.8 Å². The van der Waals surface area contributed by atoms with Gasteiger partial charge in [-0.15, -0.1) is 6.58 Å². The maximum Gasteiger partial charge on any atom is 0.305 e. The molecule has 0 aromatic rings. The summed E-state index contributed by atoms with van der Waals surface area (Å²) in [5.41, 5.74) is 0. The minimum atomic E-state index is -3.20. The van der Waals surface area contributed by atoms with E-state index in [0.29, 0.717) is 0 Å². The van der Waals surface area contributed by atoms with Crippen molar-refractivity contribution < 1.29 is 21.0 Å². The summed E-state index contributed by atoms with van der Waals surface area (Å²) in [4.78, 5) is 0. The highest BCUT2D eigenvalue weighted by Crippen LogP contribution is 2.11. The number of hydrogen-bond acceptors (Lipinski definition) is 5. The van der Waals surface area contributed by atoms with Crippen LogP contribution >= 0.6 is 0 Å². The van der Waals surface area contributed by atoms with Gasteiger partial charge in [-0.1, -0.05) is 6.08 Å². The summed E-state index contributed by atoms with van der Waals surface area (Å²) in [5.74, 6) is -0.274. The molecule has 2 atom stereocenters. The Hall–Kier alpha value is -0.240. The lowest BCUT2D eigenvalue weighted by Gasteiger charge is -2.04. The highest BCUT2D eigenvalue weighted by Gasteiger charge is 2.28. The molecule has 1 heterocycles. The second-order valence-electron chi connectivity index (χ2n) is 2.57. The largest absolute Gasteiger partial charge is 0.305 e. The Morgan fingerprint density at radius 2 is 2.31 bits per heavy atom. The Morgan fingerprint density at radius 1 is 1.62 bits per heavy atom. The summed E-state index contributed by atoms with van der Waals surface area (Å²) in [6, 6.07) is 0.